The molecule has 1 atom stereocenters. The molecule has 0 aromatic heterocycles. The molecule has 1 aliphatic rings. The summed E-state index contributed by atoms with van der Waals surface area (Å²) in [7, 11) is 0. The van der Waals surface area contributed by atoms with Gasteiger partial charge in [-0.2, -0.15) is 5.10 Å². The van der Waals surface area contributed by atoms with Gasteiger partial charge in [0.15, 0.2) is 6.61 Å². The van der Waals surface area contributed by atoms with Crippen LogP contribution in [0.2, 0.25) is 5.02 Å². The number of rotatable bonds is 4. The Bertz CT molecular complexity index is 543. The van der Waals surface area contributed by atoms with Gasteiger partial charge in [0.1, 0.15) is 5.75 Å². The first-order chi connectivity index (χ1) is 10.1. The summed E-state index contributed by atoms with van der Waals surface area (Å²) in [5, 5.41) is 4.91. The minimum Gasteiger partial charge on any atom is -0.484 e. The van der Waals surface area contributed by atoms with Crippen LogP contribution in [-0.2, 0) is 4.79 Å². The summed E-state index contributed by atoms with van der Waals surface area (Å²) in [5.74, 6) is 0.845. The number of benzene rings is 1. The van der Waals surface area contributed by atoms with Crippen molar-refractivity contribution in [3.05, 3.63) is 28.8 Å². The van der Waals surface area contributed by atoms with Gasteiger partial charge in [-0.25, -0.2) is 5.43 Å². The fourth-order valence-corrected chi connectivity index (χ4v) is 2.48. The molecular formula is C16H21ClN2O2. The molecule has 0 saturated heterocycles. The van der Waals surface area contributed by atoms with E-state index in [0.29, 0.717) is 16.7 Å². The van der Waals surface area contributed by atoms with Gasteiger partial charge in [-0.05, 0) is 55.9 Å². The number of hydrazone groups is 1. The number of aryl methyl sites for hydroxylation is 1. The van der Waals surface area contributed by atoms with Crippen LogP contribution >= 0.6 is 11.6 Å². The molecule has 5 heteroatoms. The number of nitrogens with zero attached hydrogens (tertiary/aromatic N) is 1. The minimum absolute atomic E-state index is 0.0494. The normalized spacial score (nSPS) is 20.3. The molecule has 4 nitrogen and oxygen atoms in total. The van der Waals surface area contributed by atoms with Gasteiger partial charge < -0.3 is 4.74 Å². The van der Waals surface area contributed by atoms with Gasteiger partial charge in [0.2, 0.25) is 0 Å². The zero-order chi connectivity index (χ0) is 15.2. The largest absolute Gasteiger partial charge is 0.484 e. The maximum atomic E-state index is 11.7. The van der Waals surface area contributed by atoms with Crippen molar-refractivity contribution in [1.29, 1.82) is 0 Å². The number of nitrogens with one attached hydrogen (secondary N) is 1. The Balaban J connectivity index is 1.81. The highest BCUT2D eigenvalue weighted by molar-refractivity contribution is 6.31. The van der Waals surface area contributed by atoms with Gasteiger partial charge >= 0.3 is 0 Å². The van der Waals surface area contributed by atoms with Crippen molar-refractivity contribution in [2.75, 3.05) is 6.61 Å². The SMILES string of the molecule is Cc1cc(OCC(=O)N/N=C2/CCCC[C@@H]2C)ccc1Cl. The number of carbonyl (C=O) groups is 1. The van der Waals surface area contributed by atoms with Gasteiger partial charge in [0, 0.05) is 10.7 Å². The number of amides is 1. The number of halogens is 1. The summed E-state index contributed by atoms with van der Waals surface area (Å²) < 4.78 is 5.43. The average Bonchev–Trinajstić information content (AvgIpc) is 2.47. The van der Waals surface area contributed by atoms with Crippen molar-refractivity contribution in [1.82, 2.24) is 5.43 Å². The molecule has 0 aliphatic heterocycles. The van der Waals surface area contributed by atoms with Crippen molar-refractivity contribution in [2.45, 2.75) is 39.5 Å². The van der Waals surface area contributed by atoms with Crippen molar-refractivity contribution >= 4 is 23.2 Å². The Morgan fingerprint density at radius 2 is 2.29 bits per heavy atom. The number of hydrogen-bond acceptors (Lipinski definition) is 3. The van der Waals surface area contributed by atoms with Crippen molar-refractivity contribution < 1.29 is 9.53 Å². The van der Waals surface area contributed by atoms with Gasteiger partial charge in [-0.3, -0.25) is 4.79 Å². The lowest BCUT2D eigenvalue weighted by atomic mass is 9.89. The topological polar surface area (TPSA) is 50.7 Å². The van der Waals surface area contributed by atoms with Crippen LogP contribution in [0.15, 0.2) is 23.3 Å². The van der Waals surface area contributed by atoms with E-state index in [2.05, 4.69) is 17.5 Å². The Kier molecular flexibility index (Phi) is 5.62. The molecule has 1 amide bonds. The van der Waals surface area contributed by atoms with E-state index in [9.17, 15) is 4.79 Å². The Labute approximate surface area is 130 Å². The van der Waals surface area contributed by atoms with Crippen LogP contribution in [0.1, 0.15) is 38.2 Å². The first-order valence-electron chi connectivity index (χ1n) is 7.30. The van der Waals surface area contributed by atoms with Crippen LogP contribution < -0.4 is 10.2 Å². The van der Waals surface area contributed by atoms with E-state index in [0.717, 1.165) is 30.5 Å². The molecular weight excluding hydrogens is 288 g/mol. The average molecular weight is 309 g/mol. The van der Waals surface area contributed by atoms with Crippen LogP contribution in [0.4, 0.5) is 0 Å². The van der Waals surface area contributed by atoms with Gasteiger partial charge in [0.25, 0.3) is 5.91 Å². The van der Waals surface area contributed by atoms with E-state index in [1.54, 1.807) is 12.1 Å². The highest BCUT2D eigenvalue weighted by atomic mass is 35.5. The molecule has 1 saturated carbocycles. The molecule has 114 valence electrons. The van der Waals surface area contributed by atoms with Crippen LogP contribution in [-0.4, -0.2) is 18.2 Å². The van der Waals surface area contributed by atoms with Gasteiger partial charge in [-0.15, -0.1) is 0 Å². The summed E-state index contributed by atoms with van der Waals surface area (Å²) in [6.45, 7) is 4.00. The van der Waals surface area contributed by atoms with E-state index < -0.39 is 0 Å². The predicted octanol–water partition coefficient (Wildman–Crippen LogP) is 3.71. The number of carbonyl (C=O) groups excluding carboxylic acids is 1. The minimum atomic E-state index is -0.243. The van der Waals surface area contributed by atoms with E-state index >= 15 is 0 Å². The monoisotopic (exact) mass is 308 g/mol. The standard InChI is InChI=1S/C16H21ClN2O2/c1-11-5-3-4-6-15(11)18-19-16(20)10-21-13-7-8-14(17)12(2)9-13/h7-9,11H,3-6,10H2,1-2H3,(H,19,20)/b18-15-/t11-/m0/s1. The Morgan fingerprint density at radius 1 is 1.48 bits per heavy atom. The number of hydrogen-bond donors (Lipinski definition) is 1. The van der Waals surface area contributed by atoms with E-state index in [1.165, 1.54) is 6.42 Å². The zero-order valence-electron chi connectivity index (χ0n) is 12.5. The lowest BCUT2D eigenvalue weighted by Crippen LogP contribution is -2.28. The zero-order valence-corrected chi connectivity index (χ0v) is 13.2. The highest BCUT2D eigenvalue weighted by Crippen LogP contribution is 2.21. The number of ether oxygens (including phenoxy) is 1. The first-order valence-corrected chi connectivity index (χ1v) is 7.68. The molecule has 1 aromatic carbocycles. The highest BCUT2D eigenvalue weighted by Gasteiger charge is 2.16. The smallest absolute Gasteiger partial charge is 0.277 e. The second-order valence-corrected chi connectivity index (χ2v) is 5.89. The van der Waals surface area contributed by atoms with Crippen molar-refractivity contribution in [2.24, 2.45) is 11.0 Å². The summed E-state index contributed by atoms with van der Waals surface area (Å²) in [6, 6.07) is 5.32. The van der Waals surface area contributed by atoms with Crippen LogP contribution in [0.25, 0.3) is 0 Å². The van der Waals surface area contributed by atoms with Crippen LogP contribution in [0, 0.1) is 12.8 Å². The van der Waals surface area contributed by atoms with E-state index in [4.69, 9.17) is 16.3 Å². The Morgan fingerprint density at radius 3 is 3.00 bits per heavy atom. The third kappa shape index (κ3) is 4.74. The van der Waals surface area contributed by atoms with Crippen molar-refractivity contribution in [3.63, 3.8) is 0 Å². The molecule has 1 fully saturated rings. The molecule has 1 aliphatic carbocycles. The predicted molar refractivity (Wildman–Crippen MR) is 84.9 cm³/mol. The maximum absolute atomic E-state index is 11.7. The van der Waals surface area contributed by atoms with Gasteiger partial charge in [0.05, 0.1) is 0 Å². The molecule has 1 N–H and O–H groups in total. The fourth-order valence-electron chi connectivity index (χ4n) is 2.36. The molecule has 0 unspecified atom stereocenters. The van der Waals surface area contributed by atoms with Gasteiger partial charge in [-0.1, -0.05) is 24.9 Å². The third-order valence-electron chi connectivity index (χ3n) is 3.71. The van der Waals surface area contributed by atoms with Crippen molar-refractivity contribution in [3.8, 4) is 5.75 Å². The van der Waals surface area contributed by atoms with Crippen LogP contribution in [0.5, 0.6) is 5.75 Å². The summed E-state index contributed by atoms with van der Waals surface area (Å²) >= 11 is 5.94. The third-order valence-corrected chi connectivity index (χ3v) is 4.14. The molecule has 0 radical (unpaired) electrons. The molecule has 0 heterocycles. The molecule has 21 heavy (non-hydrogen) atoms. The first kappa shape index (κ1) is 15.8. The molecule has 2 rings (SSSR count). The lowest BCUT2D eigenvalue weighted by Gasteiger charge is -2.19. The van der Waals surface area contributed by atoms with E-state index in [1.807, 2.05) is 13.0 Å². The molecule has 0 spiro atoms. The Hall–Kier alpha value is -1.55. The second kappa shape index (κ2) is 7.46. The quantitative estimate of drug-likeness (QED) is 0.862. The maximum Gasteiger partial charge on any atom is 0.277 e. The van der Waals surface area contributed by atoms with E-state index in [-0.39, 0.29) is 12.5 Å². The fraction of sp³-hybridized carbons (Fsp3) is 0.500. The molecule has 0 bridgehead atoms. The second-order valence-electron chi connectivity index (χ2n) is 5.48. The lowest BCUT2D eigenvalue weighted by molar-refractivity contribution is -0.123. The molecule has 1 aromatic rings. The van der Waals surface area contributed by atoms with Crippen LogP contribution in [0.3, 0.4) is 0 Å². The summed E-state index contributed by atoms with van der Waals surface area (Å²) in [4.78, 5) is 11.7. The summed E-state index contributed by atoms with van der Waals surface area (Å²) in [5.41, 5.74) is 4.58. The summed E-state index contributed by atoms with van der Waals surface area (Å²) in [6.07, 6.45) is 4.51.